The van der Waals surface area contributed by atoms with E-state index in [1.807, 2.05) is 14.1 Å². The molecule has 0 aromatic rings. The molecule has 0 bridgehead atoms. The molecule has 0 N–H and O–H groups in total. The van der Waals surface area contributed by atoms with Crippen molar-refractivity contribution < 1.29 is 4.79 Å². The van der Waals surface area contributed by atoms with Crippen LogP contribution in [-0.4, -0.2) is 24.9 Å². The van der Waals surface area contributed by atoms with Crippen molar-refractivity contribution >= 4 is 5.91 Å². The van der Waals surface area contributed by atoms with Gasteiger partial charge in [-0.2, -0.15) is 0 Å². The van der Waals surface area contributed by atoms with Gasteiger partial charge < -0.3 is 4.90 Å². The van der Waals surface area contributed by atoms with Crippen LogP contribution in [0, 0.1) is 0 Å². The summed E-state index contributed by atoms with van der Waals surface area (Å²) >= 11 is 0. The minimum absolute atomic E-state index is 0.223. The van der Waals surface area contributed by atoms with E-state index in [2.05, 4.69) is 6.92 Å². The Morgan fingerprint density at radius 1 is 1.21 bits per heavy atom. The summed E-state index contributed by atoms with van der Waals surface area (Å²) < 4.78 is 0. The fourth-order valence-corrected chi connectivity index (χ4v) is 1.92. The second-order valence-electron chi connectivity index (χ2n) is 4.41. The molecule has 2 nitrogen and oxygen atoms in total. The van der Waals surface area contributed by atoms with Crippen LogP contribution < -0.4 is 0 Å². The molecule has 1 aliphatic rings. The smallest absolute Gasteiger partial charge is 0.226 e. The Labute approximate surface area is 87.0 Å². The van der Waals surface area contributed by atoms with E-state index >= 15 is 0 Å². The van der Waals surface area contributed by atoms with Crippen LogP contribution in [0.5, 0.6) is 0 Å². The van der Waals surface area contributed by atoms with Gasteiger partial charge in [0.25, 0.3) is 0 Å². The molecular weight excluding hydrogens is 174 g/mol. The third kappa shape index (κ3) is 3.17. The van der Waals surface area contributed by atoms with Gasteiger partial charge in [0, 0.05) is 20.5 Å². The van der Waals surface area contributed by atoms with Gasteiger partial charge in [0.2, 0.25) is 5.91 Å². The molecule has 0 aromatic carbocycles. The van der Waals surface area contributed by atoms with Crippen molar-refractivity contribution in [3.05, 3.63) is 11.1 Å². The number of hydrogen-bond donors (Lipinski definition) is 0. The third-order valence-corrected chi connectivity index (χ3v) is 2.98. The van der Waals surface area contributed by atoms with Crippen molar-refractivity contribution in [1.82, 2.24) is 4.90 Å². The lowest BCUT2D eigenvalue weighted by atomic mass is 9.90. The molecule has 14 heavy (non-hydrogen) atoms. The van der Waals surface area contributed by atoms with Gasteiger partial charge in [-0.25, -0.2) is 0 Å². The summed E-state index contributed by atoms with van der Waals surface area (Å²) in [5, 5.41) is 0. The molecule has 0 atom stereocenters. The average Bonchev–Trinajstić information content (AvgIpc) is 2.19. The van der Waals surface area contributed by atoms with Gasteiger partial charge in [-0.1, -0.05) is 17.6 Å². The largest absolute Gasteiger partial charge is 0.349 e. The van der Waals surface area contributed by atoms with Crippen LogP contribution in [0.3, 0.4) is 0 Å². The van der Waals surface area contributed by atoms with Crippen LogP contribution in [-0.2, 0) is 4.79 Å². The maximum atomic E-state index is 11.5. The fraction of sp³-hybridized carbons (Fsp3) is 0.750. The van der Waals surface area contributed by atoms with Gasteiger partial charge in [-0.05, 0) is 32.6 Å². The van der Waals surface area contributed by atoms with E-state index in [0.717, 1.165) is 0 Å². The highest BCUT2D eigenvalue weighted by molar-refractivity contribution is 5.78. The van der Waals surface area contributed by atoms with Gasteiger partial charge in [-0.15, -0.1) is 0 Å². The summed E-state index contributed by atoms with van der Waals surface area (Å²) in [6, 6.07) is 0. The van der Waals surface area contributed by atoms with Crippen molar-refractivity contribution in [2.45, 2.75) is 45.4 Å². The minimum Gasteiger partial charge on any atom is -0.349 e. The summed E-state index contributed by atoms with van der Waals surface area (Å²) in [5.41, 5.74) is 2.84. The first-order valence-electron chi connectivity index (χ1n) is 5.49. The molecule has 0 aromatic heterocycles. The molecule has 80 valence electrons. The highest BCUT2D eigenvalue weighted by Crippen LogP contribution is 2.26. The summed E-state index contributed by atoms with van der Waals surface area (Å²) in [7, 11) is 3.64. The predicted octanol–water partition coefficient (Wildman–Crippen LogP) is 2.75. The Hall–Kier alpha value is -0.790. The summed E-state index contributed by atoms with van der Waals surface area (Å²) in [6.45, 7) is 2.11. The fourth-order valence-electron chi connectivity index (χ4n) is 1.92. The number of rotatable bonds is 2. The Bertz CT molecular complexity index is 233. The number of amides is 1. The molecule has 1 saturated carbocycles. The van der Waals surface area contributed by atoms with Crippen LogP contribution in [0.25, 0.3) is 0 Å². The minimum atomic E-state index is 0.223. The molecule has 1 fully saturated rings. The molecule has 0 radical (unpaired) electrons. The zero-order chi connectivity index (χ0) is 10.6. The van der Waals surface area contributed by atoms with E-state index < -0.39 is 0 Å². The Morgan fingerprint density at radius 2 is 1.79 bits per heavy atom. The molecule has 0 spiro atoms. The van der Waals surface area contributed by atoms with Crippen LogP contribution >= 0.6 is 0 Å². The van der Waals surface area contributed by atoms with E-state index in [1.54, 1.807) is 4.90 Å². The van der Waals surface area contributed by atoms with Crippen molar-refractivity contribution in [3.8, 4) is 0 Å². The number of nitrogens with zero attached hydrogens (tertiary/aromatic N) is 1. The summed E-state index contributed by atoms with van der Waals surface area (Å²) in [4.78, 5) is 13.2. The molecular formula is C12H21NO. The first kappa shape index (κ1) is 11.3. The first-order valence-corrected chi connectivity index (χ1v) is 5.49. The van der Waals surface area contributed by atoms with Crippen LogP contribution in [0.15, 0.2) is 11.1 Å². The molecule has 0 unspecified atom stereocenters. The predicted molar refractivity (Wildman–Crippen MR) is 59.1 cm³/mol. The second kappa shape index (κ2) is 5.18. The zero-order valence-corrected chi connectivity index (χ0v) is 9.60. The van der Waals surface area contributed by atoms with Gasteiger partial charge in [0.15, 0.2) is 0 Å². The van der Waals surface area contributed by atoms with Crippen LogP contribution in [0.1, 0.15) is 45.4 Å². The monoisotopic (exact) mass is 195 g/mol. The van der Waals surface area contributed by atoms with Crippen LogP contribution in [0.2, 0.25) is 0 Å². The number of carbonyl (C=O) groups is 1. The van der Waals surface area contributed by atoms with E-state index in [0.29, 0.717) is 6.42 Å². The molecule has 0 aliphatic heterocycles. The lowest BCUT2D eigenvalue weighted by molar-refractivity contribution is -0.127. The van der Waals surface area contributed by atoms with Gasteiger partial charge in [0.1, 0.15) is 0 Å². The topological polar surface area (TPSA) is 20.3 Å². The lowest BCUT2D eigenvalue weighted by Gasteiger charge is -2.18. The highest BCUT2D eigenvalue weighted by atomic mass is 16.2. The molecule has 1 amide bonds. The van der Waals surface area contributed by atoms with E-state index in [-0.39, 0.29) is 5.91 Å². The van der Waals surface area contributed by atoms with Crippen LogP contribution in [0.4, 0.5) is 0 Å². The maximum absolute atomic E-state index is 11.5. The van der Waals surface area contributed by atoms with E-state index in [1.165, 1.54) is 43.3 Å². The number of carbonyl (C=O) groups excluding carboxylic acids is 1. The molecule has 0 saturated heterocycles. The Kier molecular flexibility index (Phi) is 4.18. The van der Waals surface area contributed by atoms with Crippen molar-refractivity contribution in [1.29, 1.82) is 0 Å². The second-order valence-corrected chi connectivity index (χ2v) is 4.41. The highest BCUT2D eigenvalue weighted by Gasteiger charge is 2.11. The summed E-state index contributed by atoms with van der Waals surface area (Å²) in [6.07, 6.45) is 7.02. The van der Waals surface area contributed by atoms with Crippen molar-refractivity contribution in [2.24, 2.45) is 0 Å². The number of hydrogen-bond acceptors (Lipinski definition) is 1. The molecule has 1 rings (SSSR count). The third-order valence-electron chi connectivity index (χ3n) is 2.98. The van der Waals surface area contributed by atoms with Crippen molar-refractivity contribution in [3.63, 3.8) is 0 Å². The average molecular weight is 195 g/mol. The number of allylic oxidation sites excluding steroid dienone is 1. The first-order chi connectivity index (χ1) is 6.61. The Morgan fingerprint density at radius 3 is 2.29 bits per heavy atom. The zero-order valence-electron chi connectivity index (χ0n) is 9.60. The van der Waals surface area contributed by atoms with E-state index in [9.17, 15) is 4.79 Å². The van der Waals surface area contributed by atoms with Gasteiger partial charge in [-0.3, -0.25) is 4.79 Å². The van der Waals surface area contributed by atoms with Crippen molar-refractivity contribution in [2.75, 3.05) is 14.1 Å². The standard InChI is InChI=1S/C12H21NO/c1-10(9-12(14)13(2)3)11-7-5-4-6-8-11/h4-9H2,1-3H3. The molecule has 1 aliphatic carbocycles. The molecule has 2 heteroatoms. The summed E-state index contributed by atoms with van der Waals surface area (Å²) in [5.74, 6) is 0.223. The molecule has 0 heterocycles. The van der Waals surface area contributed by atoms with E-state index in [4.69, 9.17) is 0 Å². The lowest BCUT2D eigenvalue weighted by Crippen LogP contribution is -2.21. The quantitative estimate of drug-likeness (QED) is 0.620. The maximum Gasteiger partial charge on any atom is 0.226 e. The Balaban J connectivity index is 2.54. The normalized spacial score (nSPS) is 16.6. The van der Waals surface area contributed by atoms with Gasteiger partial charge in [0.05, 0.1) is 0 Å². The SMILES string of the molecule is CC(CC(=O)N(C)C)=C1CCCCC1. The van der Waals surface area contributed by atoms with Gasteiger partial charge >= 0.3 is 0 Å².